The summed E-state index contributed by atoms with van der Waals surface area (Å²) in [6.45, 7) is 5.56. The van der Waals surface area contributed by atoms with E-state index in [4.69, 9.17) is 14.6 Å². The van der Waals surface area contributed by atoms with Crippen molar-refractivity contribution in [2.24, 2.45) is 0 Å². The van der Waals surface area contributed by atoms with Crippen molar-refractivity contribution in [2.75, 3.05) is 12.8 Å². The van der Waals surface area contributed by atoms with Crippen molar-refractivity contribution in [3.05, 3.63) is 0 Å². The number of ketones is 1. The first kappa shape index (κ1) is 14.3. The largest absolute Gasteiger partial charge is 0.450 e. The lowest BCUT2D eigenvalue weighted by Crippen LogP contribution is -2.43. The van der Waals surface area contributed by atoms with Gasteiger partial charge in [-0.2, -0.15) is 0 Å². The van der Waals surface area contributed by atoms with Crippen LogP contribution >= 0.6 is 0 Å². The summed E-state index contributed by atoms with van der Waals surface area (Å²) in [6, 6.07) is 0. The van der Waals surface area contributed by atoms with Crippen LogP contribution in [0.3, 0.4) is 0 Å². The monoisotopic (exact) mass is 262 g/mol. The molecule has 1 heterocycles. The second-order valence-electron chi connectivity index (χ2n) is 5.28. The average Bonchev–Trinajstić information content (AvgIpc) is 2.51. The molecule has 3 atom stereocenters. The number of Topliss-reactive ketones (excluding diaryl/α,β-unsaturated/α-hetero) is 1. The van der Waals surface area contributed by atoms with E-state index in [9.17, 15) is 14.7 Å². The van der Waals surface area contributed by atoms with Gasteiger partial charge in [0.2, 0.25) is 0 Å². The van der Waals surface area contributed by atoms with Gasteiger partial charge in [0.05, 0.1) is 14.7 Å². The van der Waals surface area contributed by atoms with Crippen LogP contribution in [-0.2, 0) is 19.1 Å². The van der Waals surface area contributed by atoms with Gasteiger partial charge >= 0.3 is 5.97 Å². The Hall–Kier alpha value is -0.763. The van der Waals surface area contributed by atoms with Crippen molar-refractivity contribution in [1.29, 1.82) is 0 Å². The fraction of sp³-hybridized carbons (Fsp3) is 0.800. The summed E-state index contributed by atoms with van der Waals surface area (Å²) in [5.41, 5.74) is 0. The first-order valence-electron chi connectivity index (χ1n) is 5.41. The van der Waals surface area contributed by atoms with Crippen molar-refractivity contribution in [2.45, 2.75) is 38.0 Å². The minimum atomic E-state index is -1.54. The van der Waals surface area contributed by atoms with Gasteiger partial charge in [0, 0.05) is 6.23 Å². The molecule has 3 unspecified atom stereocenters. The molecule has 7 heteroatoms. The number of hydrogen-bond acceptors (Lipinski definition) is 6. The topological polar surface area (TPSA) is 93.1 Å². The van der Waals surface area contributed by atoms with Crippen molar-refractivity contribution < 1.29 is 29.3 Å². The van der Waals surface area contributed by atoms with Crippen LogP contribution in [-0.4, -0.2) is 61.2 Å². The zero-order chi connectivity index (χ0) is 13.2. The van der Waals surface area contributed by atoms with Gasteiger partial charge in [-0.1, -0.05) is 19.6 Å². The van der Waals surface area contributed by atoms with Gasteiger partial charge in [0.1, 0.15) is 6.10 Å². The van der Waals surface area contributed by atoms with Gasteiger partial charge in [0.15, 0.2) is 12.2 Å². The van der Waals surface area contributed by atoms with Crippen LogP contribution < -0.4 is 0 Å². The van der Waals surface area contributed by atoms with Gasteiger partial charge in [-0.3, -0.25) is 4.79 Å². The summed E-state index contributed by atoms with van der Waals surface area (Å²) < 4.78 is 10.1. The summed E-state index contributed by atoms with van der Waals surface area (Å²) in [6.07, 6.45) is -3.11. The average molecular weight is 262 g/mol. The lowest BCUT2D eigenvalue weighted by atomic mass is 10.1. The second-order valence-corrected chi connectivity index (χ2v) is 10.7. The SMILES string of the molecule is C[Si](C)(C)COC1C(=O)C(=O)OC1C(O)CO. The van der Waals surface area contributed by atoms with E-state index in [1.807, 2.05) is 19.6 Å². The van der Waals surface area contributed by atoms with Gasteiger partial charge in [0.25, 0.3) is 5.78 Å². The van der Waals surface area contributed by atoms with E-state index < -0.39 is 44.7 Å². The van der Waals surface area contributed by atoms with Crippen LogP contribution in [0.5, 0.6) is 0 Å². The molecular weight excluding hydrogens is 244 g/mol. The zero-order valence-corrected chi connectivity index (χ0v) is 11.2. The number of cyclic esters (lactones) is 1. The smallest absolute Gasteiger partial charge is 0.378 e. The Morgan fingerprint density at radius 3 is 2.47 bits per heavy atom. The standard InChI is InChI=1S/C10H18O6Si/c1-17(2,3)5-15-9-7(13)10(14)16-8(9)6(12)4-11/h6,8-9,11-12H,4-5H2,1-3H3. The number of carbonyl (C=O) groups is 2. The maximum absolute atomic E-state index is 11.5. The molecule has 6 nitrogen and oxygen atoms in total. The molecule has 1 rings (SSSR count). The Morgan fingerprint density at radius 1 is 1.41 bits per heavy atom. The molecule has 1 saturated heterocycles. The molecule has 0 saturated carbocycles. The summed E-state index contributed by atoms with van der Waals surface area (Å²) in [4.78, 5) is 22.6. The molecule has 1 aliphatic heterocycles. The predicted octanol–water partition coefficient (Wildman–Crippen LogP) is -0.903. The Bertz CT molecular complexity index is 310. The van der Waals surface area contributed by atoms with E-state index in [-0.39, 0.29) is 0 Å². The Labute approximate surface area is 101 Å². The summed E-state index contributed by atoms with van der Waals surface area (Å²) in [7, 11) is -1.54. The minimum Gasteiger partial charge on any atom is -0.450 e. The third-order valence-corrected chi connectivity index (χ3v) is 3.30. The lowest BCUT2D eigenvalue weighted by Gasteiger charge is -2.23. The highest BCUT2D eigenvalue weighted by Crippen LogP contribution is 2.20. The molecule has 1 aliphatic rings. The van der Waals surface area contributed by atoms with Crippen LogP contribution in [0.4, 0.5) is 0 Å². The van der Waals surface area contributed by atoms with Crippen LogP contribution in [0.15, 0.2) is 0 Å². The van der Waals surface area contributed by atoms with Crippen LogP contribution in [0.25, 0.3) is 0 Å². The molecule has 98 valence electrons. The van der Waals surface area contributed by atoms with E-state index in [1.54, 1.807) is 0 Å². The summed E-state index contributed by atoms with van der Waals surface area (Å²) in [5, 5.41) is 18.3. The molecule has 0 aromatic carbocycles. The number of aliphatic hydroxyl groups is 2. The predicted molar refractivity (Wildman–Crippen MR) is 61.1 cm³/mol. The van der Waals surface area contributed by atoms with E-state index in [0.717, 1.165) is 0 Å². The Morgan fingerprint density at radius 2 is 2.00 bits per heavy atom. The third-order valence-electron chi connectivity index (χ3n) is 2.26. The first-order chi connectivity index (χ1) is 7.76. The molecule has 0 aliphatic carbocycles. The third kappa shape index (κ3) is 3.60. The second kappa shape index (κ2) is 5.26. The van der Waals surface area contributed by atoms with Gasteiger partial charge in [-0.15, -0.1) is 0 Å². The normalized spacial score (nSPS) is 27.1. The van der Waals surface area contributed by atoms with E-state index in [0.29, 0.717) is 6.23 Å². The van der Waals surface area contributed by atoms with Crippen LogP contribution in [0, 0.1) is 0 Å². The first-order valence-corrected chi connectivity index (χ1v) is 9.12. The van der Waals surface area contributed by atoms with Crippen LogP contribution in [0.1, 0.15) is 0 Å². The zero-order valence-electron chi connectivity index (χ0n) is 10.2. The fourth-order valence-corrected chi connectivity index (χ4v) is 2.08. The minimum absolute atomic E-state index is 0.384. The highest BCUT2D eigenvalue weighted by molar-refractivity contribution is 6.76. The molecule has 0 spiro atoms. The number of hydrogen-bond donors (Lipinski definition) is 2. The van der Waals surface area contributed by atoms with E-state index >= 15 is 0 Å². The molecule has 0 radical (unpaired) electrons. The van der Waals surface area contributed by atoms with Crippen LogP contribution in [0.2, 0.25) is 19.6 Å². The molecule has 1 fully saturated rings. The lowest BCUT2D eigenvalue weighted by molar-refractivity contribution is -0.152. The molecule has 2 N–H and O–H groups in total. The molecule has 0 amide bonds. The number of aliphatic hydroxyl groups excluding tert-OH is 2. The van der Waals surface area contributed by atoms with E-state index in [2.05, 4.69) is 0 Å². The van der Waals surface area contributed by atoms with Crippen molar-refractivity contribution >= 4 is 19.8 Å². The highest BCUT2D eigenvalue weighted by atomic mass is 28.3. The van der Waals surface area contributed by atoms with Gasteiger partial charge < -0.3 is 19.7 Å². The Kier molecular flexibility index (Phi) is 4.42. The van der Waals surface area contributed by atoms with Crippen molar-refractivity contribution in [3.63, 3.8) is 0 Å². The summed E-state index contributed by atoms with van der Waals surface area (Å²) >= 11 is 0. The number of carbonyl (C=O) groups excluding carboxylic acids is 2. The number of ether oxygens (including phenoxy) is 2. The maximum atomic E-state index is 11.5. The molecule has 0 aromatic heterocycles. The molecule has 0 aromatic rings. The number of esters is 1. The number of rotatable bonds is 5. The highest BCUT2D eigenvalue weighted by Gasteiger charge is 2.48. The molecule has 17 heavy (non-hydrogen) atoms. The quantitative estimate of drug-likeness (QED) is 0.379. The summed E-state index contributed by atoms with van der Waals surface area (Å²) in [5.74, 6) is -1.80. The van der Waals surface area contributed by atoms with Crippen molar-refractivity contribution in [1.82, 2.24) is 0 Å². The van der Waals surface area contributed by atoms with Gasteiger partial charge in [-0.05, 0) is 0 Å². The Balaban J connectivity index is 2.71. The van der Waals surface area contributed by atoms with E-state index in [1.165, 1.54) is 0 Å². The fourth-order valence-electron chi connectivity index (χ4n) is 1.40. The van der Waals surface area contributed by atoms with Gasteiger partial charge in [-0.25, -0.2) is 4.79 Å². The van der Waals surface area contributed by atoms with Crippen molar-refractivity contribution in [3.8, 4) is 0 Å². The maximum Gasteiger partial charge on any atom is 0.378 e. The molecular formula is C10H18O6Si. The molecule has 0 bridgehead atoms.